The molecule has 1 aromatic rings. The Hall–Kier alpha value is -1.31. The van der Waals surface area contributed by atoms with Gasteiger partial charge in [0.2, 0.25) is 0 Å². The van der Waals surface area contributed by atoms with E-state index in [9.17, 15) is 9.90 Å². The largest absolute Gasteiger partial charge is 0.481 e. The summed E-state index contributed by atoms with van der Waals surface area (Å²) in [6.45, 7) is 10.2. The van der Waals surface area contributed by atoms with Crippen LogP contribution in [0.25, 0.3) is 0 Å². The smallest absolute Gasteiger partial charge is 0.310 e. The summed E-state index contributed by atoms with van der Waals surface area (Å²) < 4.78 is 0. The van der Waals surface area contributed by atoms with Crippen molar-refractivity contribution in [2.45, 2.75) is 47.0 Å². The van der Waals surface area contributed by atoms with Crippen molar-refractivity contribution >= 4 is 5.97 Å². The van der Waals surface area contributed by atoms with E-state index in [1.165, 1.54) is 0 Å². The molecule has 1 rings (SSSR count). The molecular formula is C15H24O2. The Morgan fingerprint density at radius 1 is 1.18 bits per heavy atom. The summed E-state index contributed by atoms with van der Waals surface area (Å²) in [5.41, 5.74) is 0.916. The minimum Gasteiger partial charge on any atom is -0.481 e. The molecule has 0 spiro atoms. The first-order chi connectivity index (χ1) is 7.90. The molecule has 2 nitrogen and oxygen atoms in total. The number of benzene rings is 1. The Bertz CT molecular complexity index is 323. The van der Waals surface area contributed by atoms with Gasteiger partial charge in [-0.15, -0.1) is 0 Å². The molecule has 0 fully saturated rings. The third-order valence-corrected chi connectivity index (χ3v) is 2.32. The zero-order chi connectivity index (χ0) is 13.5. The fourth-order valence-corrected chi connectivity index (χ4v) is 1.65. The van der Waals surface area contributed by atoms with E-state index in [1.54, 1.807) is 0 Å². The number of carboxylic acids is 1. The predicted octanol–water partition coefficient (Wildman–Crippen LogP) is 4.32. The van der Waals surface area contributed by atoms with Crippen LogP contribution in [-0.4, -0.2) is 11.1 Å². The zero-order valence-electron chi connectivity index (χ0n) is 11.5. The monoisotopic (exact) mass is 236 g/mol. The summed E-state index contributed by atoms with van der Waals surface area (Å²) in [6, 6.07) is 9.43. The molecule has 2 heteroatoms. The normalized spacial score (nSPS) is 12.3. The van der Waals surface area contributed by atoms with Crippen LogP contribution >= 0.6 is 0 Å². The lowest BCUT2D eigenvalue weighted by Crippen LogP contribution is -2.19. The lowest BCUT2D eigenvalue weighted by molar-refractivity contribution is -0.139. The first-order valence-electron chi connectivity index (χ1n) is 6.18. The quantitative estimate of drug-likeness (QED) is 0.848. The van der Waals surface area contributed by atoms with Crippen molar-refractivity contribution in [1.82, 2.24) is 0 Å². The molecule has 1 aromatic carbocycles. The van der Waals surface area contributed by atoms with Gasteiger partial charge < -0.3 is 5.11 Å². The van der Waals surface area contributed by atoms with E-state index in [-0.39, 0.29) is 5.41 Å². The van der Waals surface area contributed by atoms with Gasteiger partial charge in [-0.05, 0) is 17.4 Å². The van der Waals surface area contributed by atoms with Crippen LogP contribution in [0.4, 0.5) is 0 Å². The van der Waals surface area contributed by atoms with Gasteiger partial charge in [0.05, 0.1) is 5.92 Å². The van der Waals surface area contributed by atoms with Crippen molar-refractivity contribution in [2.75, 3.05) is 0 Å². The van der Waals surface area contributed by atoms with Crippen LogP contribution in [0.2, 0.25) is 0 Å². The molecule has 1 atom stereocenters. The van der Waals surface area contributed by atoms with Crippen molar-refractivity contribution in [3.8, 4) is 0 Å². The Morgan fingerprint density at radius 2 is 1.65 bits per heavy atom. The first-order valence-corrected chi connectivity index (χ1v) is 6.18. The van der Waals surface area contributed by atoms with Crippen LogP contribution in [0, 0.1) is 5.41 Å². The molecule has 0 aliphatic heterocycles. The van der Waals surface area contributed by atoms with E-state index in [4.69, 9.17) is 0 Å². The van der Waals surface area contributed by atoms with Gasteiger partial charge in [0.1, 0.15) is 0 Å². The van der Waals surface area contributed by atoms with E-state index >= 15 is 0 Å². The minimum absolute atomic E-state index is 0.0267. The molecule has 1 N–H and O–H groups in total. The van der Waals surface area contributed by atoms with Gasteiger partial charge in [0, 0.05) is 0 Å². The highest BCUT2D eigenvalue weighted by Gasteiger charge is 2.25. The molecule has 0 aliphatic rings. The number of hydrogen-bond acceptors (Lipinski definition) is 1. The molecule has 0 heterocycles. The molecule has 0 aliphatic carbocycles. The van der Waals surface area contributed by atoms with Crippen LogP contribution in [0.3, 0.4) is 0 Å². The summed E-state index contributed by atoms with van der Waals surface area (Å²) >= 11 is 0. The Labute approximate surface area is 105 Å². The standard InChI is InChI=1S/C13H18O2.C2H6/c1-13(2,3)9-11(12(14)15)10-7-5-4-6-8-10;1-2/h4-8,11H,9H2,1-3H3,(H,14,15);1-2H3. The molecule has 0 bridgehead atoms. The fraction of sp³-hybridized carbons (Fsp3) is 0.533. The third kappa shape index (κ3) is 6.10. The predicted molar refractivity (Wildman–Crippen MR) is 72.2 cm³/mol. The van der Waals surface area contributed by atoms with Gasteiger partial charge in [-0.1, -0.05) is 65.0 Å². The van der Waals surface area contributed by atoms with Crippen LogP contribution in [0.15, 0.2) is 30.3 Å². The van der Waals surface area contributed by atoms with Crippen LogP contribution in [-0.2, 0) is 4.79 Å². The van der Waals surface area contributed by atoms with Gasteiger partial charge in [-0.2, -0.15) is 0 Å². The second-order valence-corrected chi connectivity index (χ2v) is 5.07. The van der Waals surface area contributed by atoms with E-state index in [2.05, 4.69) is 20.8 Å². The van der Waals surface area contributed by atoms with E-state index in [1.807, 2.05) is 44.2 Å². The van der Waals surface area contributed by atoms with Crippen LogP contribution in [0.1, 0.15) is 52.5 Å². The average Bonchev–Trinajstić information content (AvgIpc) is 2.28. The summed E-state index contributed by atoms with van der Waals surface area (Å²) in [5.74, 6) is -1.14. The Kier molecular flexibility index (Phi) is 6.55. The summed E-state index contributed by atoms with van der Waals surface area (Å²) in [5, 5.41) is 9.19. The summed E-state index contributed by atoms with van der Waals surface area (Å²) in [4.78, 5) is 11.2. The van der Waals surface area contributed by atoms with Crippen LogP contribution in [0.5, 0.6) is 0 Å². The first kappa shape index (κ1) is 15.7. The van der Waals surface area contributed by atoms with Gasteiger partial charge in [0.15, 0.2) is 0 Å². The number of rotatable bonds is 3. The van der Waals surface area contributed by atoms with E-state index in [0.717, 1.165) is 5.56 Å². The Morgan fingerprint density at radius 3 is 2.00 bits per heavy atom. The van der Waals surface area contributed by atoms with Crippen molar-refractivity contribution in [2.24, 2.45) is 5.41 Å². The zero-order valence-corrected chi connectivity index (χ0v) is 11.5. The van der Waals surface area contributed by atoms with Crippen molar-refractivity contribution < 1.29 is 9.90 Å². The second kappa shape index (κ2) is 7.10. The summed E-state index contributed by atoms with van der Waals surface area (Å²) in [6.07, 6.45) is 0.659. The Balaban J connectivity index is 0.00000121. The van der Waals surface area contributed by atoms with Crippen molar-refractivity contribution in [1.29, 1.82) is 0 Å². The number of carboxylic acid groups (broad SMARTS) is 1. The molecule has 1 unspecified atom stereocenters. The highest BCUT2D eigenvalue weighted by atomic mass is 16.4. The fourth-order valence-electron chi connectivity index (χ4n) is 1.65. The molecule has 96 valence electrons. The topological polar surface area (TPSA) is 37.3 Å². The highest BCUT2D eigenvalue weighted by molar-refractivity contribution is 5.76. The SMILES string of the molecule is CC.CC(C)(C)CC(C(=O)O)c1ccccc1. The van der Waals surface area contributed by atoms with Crippen molar-refractivity contribution in [3.05, 3.63) is 35.9 Å². The highest BCUT2D eigenvalue weighted by Crippen LogP contribution is 2.31. The molecule has 0 aromatic heterocycles. The number of hydrogen-bond donors (Lipinski definition) is 1. The molecule has 0 radical (unpaired) electrons. The van der Waals surface area contributed by atoms with Crippen LogP contribution < -0.4 is 0 Å². The molecule has 0 saturated carbocycles. The van der Waals surface area contributed by atoms with E-state index in [0.29, 0.717) is 6.42 Å². The molecule has 0 amide bonds. The summed E-state index contributed by atoms with van der Waals surface area (Å²) in [7, 11) is 0. The minimum atomic E-state index is -0.740. The third-order valence-electron chi connectivity index (χ3n) is 2.32. The van der Waals surface area contributed by atoms with Crippen molar-refractivity contribution in [3.63, 3.8) is 0 Å². The average molecular weight is 236 g/mol. The second-order valence-electron chi connectivity index (χ2n) is 5.07. The number of carbonyl (C=O) groups is 1. The maximum absolute atomic E-state index is 11.2. The molecule has 17 heavy (non-hydrogen) atoms. The lowest BCUT2D eigenvalue weighted by atomic mass is 9.81. The molecule has 0 saturated heterocycles. The van der Waals surface area contributed by atoms with Gasteiger partial charge >= 0.3 is 5.97 Å². The van der Waals surface area contributed by atoms with Gasteiger partial charge in [-0.3, -0.25) is 4.79 Å². The van der Waals surface area contributed by atoms with E-state index < -0.39 is 11.9 Å². The lowest BCUT2D eigenvalue weighted by Gasteiger charge is -2.23. The van der Waals surface area contributed by atoms with Gasteiger partial charge in [0.25, 0.3) is 0 Å². The maximum Gasteiger partial charge on any atom is 0.310 e. The maximum atomic E-state index is 11.2. The number of aliphatic carboxylic acids is 1. The molecular weight excluding hydrogens is 212 g/mol. The van der Waals surface area contributed by atoms with Gasteiger partial charge in [-0.25, -0.2) is 0 Å².